The predicted molar refractivity (Wildman–Crippen MR) is 152 cm³/mol. The van der Waals surface area contributed by atoms with E-state index in [1.165, 1.54) is 6.42 Å². The molecule has 7 rings (SSSR count). The number of hydrogen-bond acceptors (Lipinski definition) is 6. The number of amides is 2. The summed E-state index contributed by atoms with van der Waals surface area (Å²) in [7, 11) is 1.90. The summed E-state index contributed by atoms with van der Waals surface area (Å²) in [6.45, 7) is 5.66. The molecule has 1 aromatic heterocycles. The van der Waals surface area contributed by atoms with Gasteiger partial charge in [-0.1, -0.05) is 36.6 Å². The maximum Gasteiger partial charge on any atom is 0.226 e. The molecule has 0 N–H and O–H groups in total. The Morgan fingerprint density at radius 3 is 2.73 bits per heavy atom. The minimum absolute atomic E-state index is 0.0206. The summed E-state index contributed by atoms with van der Waals surface area (Å²) in [4.78, 5) is 31.5. The van der Waals surface area contributed by atoms with Crippen molar-refractivity contribution >= 4 is 23.4 Å². The molecule has 9 nitrogen and oxygen atoms in total. The zero-order chi connectivity index (χ0) is 28.3. The van der Waals surface area contributed by atoms with Crippen molar-refractivity contribution in [1.29, 1.82) is 0 Å². The molecule has 1 spiro atoms. The van der Waals surface area contributed by atoms with Gasteiger partial charge in [0.25, 0.3) is 0 Å². The average molecular weight is 582 g/mol. The molecule has 2 saturated heterocycles. The number of nitrogens with zero attached hydrogens (tertiary/aromatic N) is 5. The molecule has 0 bridgehead atoms. The Bertz CT molecular complexity index is 1350. The van der Waals surface area contributed by atoms with Crippen LogP contribution in [-0.2, 0) is 34.4 Å². The Balaban J connectivity index is 1.22. The molecule has 4 fully saturated rings. The lowest BCUT2D eigenvalue weighted by Crippen LogP contribution is -2.49. The molecule has 2 aliphatic carbocycles. The van der Waals surface area contributed by atoms with Crippen molar-refractivity contribution in [3.63, 3.8) is 0 Å². The van der Waals surface area contributed by atoms with Crippen LogP contribution in [0.25, 0.3) is 0 Å². The summed E-state index contributed by atoms with van der Waals surface area (Å²) in [6, 6.07) is 3.51. The number of rotatable bonds is 7. The smallest absolute Gasteiger partial charge is 0.226 e. The highest BCUT2D eigenvalue weighted by atomic mass is 35.5. The van der Waals surface area contributed by atoms with E-state index >= 15 is 0 Å². The minimum Gasteiger partial charge on any atom is -0.487 e. The van der Waals surface area contributed by atoms with E-state index in [2.05, 4.69) is 22.1 Å². The number of aromatic nitrogens is 3. The molecule has 2 aromatic rings. The van der Waals surface area contributed by atoms with Gasteiger partial charge in [0.1, 0.15) is 18.1 Å². The number of fused-ring (bicyclic) bond motifs is 1. The first kappa shape index (κ1) is 27.2. The van der Waals surface area contributed by atoms with Crippen LogP contribution in [0, 0.1) is 17.3 Å². The van der Waals surface area contributed by atoms with Crippen LogP contribution in [-0.4, -0.2) is 69.5 Å². The standard InChI is InChI=1S/C31H40ClN5O4/c1-19-5-3-4-6-21(19)30(39)37-12-9-22-23(32)7-8-26(41-17-24-29(20-15-40-16-20)35(2)34-33-24)28(22)25(37)14-36-18-31(10-11-31)13-27(36)38/h7-8,19-21,25H,3-6,9-18H2,1-2H3/t19-,21+,25+/m0/s1. The second kappa shape index (κ2) is 10.6. The monoisotopic (exact) mass is 581 g/mol. The number of aryl methyl sites for hydroxylation is 1. The number of hydrogen-bond donors (Lipinski definition) is 0. The number of likely N-dealkylation sites (tertiary alicyclic amines) is 1. The van der Waals surface area contributed by atoms with Gasteiger partial charge in [-0.05, 0) is 61.1 Å². The Kier molecular flexibility index (Phi) is 7.01. The van der Waals surface area contributed by atoms with Crippen LogP contribution in [0.4, 0.5) is 0 Å². The van der Waals surface area contributed by atoms with Crippen molar-refractivity contribution < 1.29 is 19.1 Å². The van der Waals surface area contributed by atoms with Crippen molar-refractivity contribution in [3.8, 4) is 5.75 Å². The fourth-order valence-electron chi connectivity index (χ4n) is 7.67. The first-order valence-corrected chi connectivity index (χ1v) is 15.7. The normalized spacial score (nSPS) is 27.2. The van der Waals surface area contributed by atoms with Gasteiger partial charge in [-0.2, -0.15) is 0 Å². The second-order valence-electron chi connectivity index (χ2n) is 13.1. The maximum atomic E-state index is 14.2. The van der Waals surface area contributed by atoms with E-state index in [9.17, 15) is 9.59 Å². The van der Waals surface area contributed by atoms with Crippen LogP contribution in [0.15, 0.2) is 12.1 Å². The molecule has 10 heteroatoms. The zero-order valence-electron chi connectivity index (χ0n) is 24.1. The Morgan fingerprint density at radius 2 is 2.02 bits per heavy atom. The van der Waals surface area contributed by atoms with E-state index in [4.69, 9.17) is 21.1 Å². The Labute approximate surface area is 246 Å². The lowest BCUT2D eigenvalue weighted by Gasteiger charge is -2.43. The van der Waals surface area contributed by atoms with Crippen LogP contribution in [0.5, 0.6) is 5.75 Å². The molecular formula is C31H40ClN5O4. The van der Waals surface area contributed by atoms with Gasteiger partial charge in [0, 0.05) is 55.5 Å². The first-order chi connectivity index (χ1) is 19.8. The maximum absolute atomic E-state index is 14.2. The summed E-state index contributed by atoms with van der Waals surface area (Å²) in [6.07, 6.45) is 7.83. The van der Waals surface area contributed by atoms with Crippen LogP contribution < -0.4 is 4.74 Å². The summed E-state index contributed by atoms with van der Waals surface area (Å²) >= 11 is 6.81. The summed E-state index contributed by atoms with van der Waals surface area (Å²) in [5, 5.41) is 9.34. The number of ether oxygens (including phenoxy) is 2. The average Bonchev–Trinajstić information content (AvgIpc) is 3.49. The lowest BCUT2D eigenvalue weighted by molar-refractivity contribution is -0.143. The highest BCUT2D eigenvalue weighted by molar-refractivity contribution is 6.31. The number of carbonyl (C=O) groups excluding carboxylic acids is 2. The predicted octanol–water partition coefficient (Wildman–Crippen LogP) is 4.43. The molecule has 5 aliphatic rings. The SMILES string of the molecule is C[C@H]1CCCC[C@H]1C(=O)N1CCc2c(Cl)ccc(OCc3nnn(C)c3C3COC3)c2[C@H]1CN1CC2(CC2)CC1=O. The molecule has 41 heavy (non-hydrogen) atoms. The first-order valence-electron chi connectivity index (χ1n) is 15.3. The van der Waals surface area contributed by atoms with Crippen molar-refractivity contribution in [2.45, 2.75) is 76.9 Å². The van der Waals surface area contributed by atoms with Crippen LogP contribution in [0.1, 0.15) is 86.3 Å². The fraction of sp³-hybridized carbons (Fsp3) is 0.677. The third-order valence-electron chi connectivity index (χ3n) is 10.4. The van der Waals surface area contributed by atoms with Gasteiger partial charge in [-0.15, -0.1) is 5.10 Å². The summed E-state index contributed by atoms with van der Waals surface area (Å²) in [5.41, 5.74) is 3.96. The van der Waals surface area contributed by atoms with Gasteiger partial charge < -0.3 is 19.3 Å². The molecule has 1 aromatic carbocycles. The molecule has 4 heterocycles. The summed E-state index contributed by atoms with van der Waals surface area (Å²) < 4.78 is 13.8. The quantitative estimate of drug-likeness (QED) is 0.481. The van der Waals surface area contributed by atoms with Gasteiger partial charge in [0.05, 0.1) is 24.9 Å². The molecule has 2 saturated carbocycles. The van der Waals surface area contributed by atoms with E-state index in [1.54, 1.807) is 0 Å². The van der Waals surface area contributed by atoms with Crippen molar-refractivity contribution in [2.24, 2.45) is 24.3 Å². The molecule has 3 atom stereocenters. The van der Waals surface area contributed by atoms with E-state index in [0.29, 0.717) is 55.8 Å². The number of benzene rings is 1. The fourth-order valence-corrected chi connectivity index (χ4v) is 7.93. The lowest BCUT2D eigenvalue weighted by atomic mass is 9.78. The van der Waals surface area contributed by atoms with Gasteiger partial charge in [-0.25, -0.2) is 0 Å². The highest BCUT2D eigenvalue weighted by Gasteiger charge is 2.52. The van der Waals surface area contributed by atoms with E-state index < -0.39 is 0 Å². The van der Waals surface area contributed by atoms with Gasteiger partial charge in [0.2, 0.25) is 11.8 Å². The third-order valence-corrected chi connectivity index (χ3v) is 10.7. The molecule has 220 valence electrons. The minimum atomic E-state index is -0.298. The van der Waals surface area contributed by atoms with Crippen LogP contribution >= 0.6 is 11.6 Å². The summed E-state index contributed by atoms with van der Waals surface area (Å²) in [5.74, 6) is 1.77. The van der Waals surface area contributed by atoms with E-state index in [-0.39, 0.29) is 41.7 Å². The largest absolute Gasteiger partial charge is 0.487 e. The van der Waals surface area contributed by atoms with E-state index in [0.717, 1.165) is 61.2 Å². The number of carbonyl (C=O) groups is 2. The van der Waals surface area contributed by atoms with Crippen molar-refractivity contribution in [3.05, 3.63) is 39.7 Å². The zero-order valence-corrected chi connectivity index (χ0v) is 24.9. The van der Waals surface area contributed by atoms with Gasteiger partial charge in [-0.3, -0.25) is 14.3 Å². The molecular weight excluding hydrogens is 542 g/mol. The molecule has 0 unspecified atom stereocenters. The van der Waals surface area contributed by atoms with Crippen LogP contribution in [0.3, 0.4) is 0 Å². The van der Waals surface area contributed by atoms with E-state index in [1.807, 2.05) is 28.8 Å². The highest BCUT2D eigenvalue weighted by Crippen LogP contribution is 2.54. The second-order valence-corrected chi connectivity index (χ2v) is 13.5. The van der Waals surface area contributed by atoms with Crippen molar-refractivity contribution in [2.75, 3.05) is 32.8 Å². The Hall–Kier alpha value is -2.65. The topological polar surface area (TPSA) is 89.8 Å². The van der Waals surface area contributed by atoms with Gasteiger partial charge in [0.15, 0.2) is 0 Å². The van der Waals surface area contributed by atoms with Crippen LogP contribution in [0.2, 0.25) is 5.02 Å². The molecule has 2 amide bonds. The van der Waals surface area contributed by atoms with Crippen molar-refractivity contribution in [1.82, 2.24) is 24.8 Å². The third kappa shape index (κ3) is 4.92. The number of halogens is 1. The Morgan fingerprint density at radius 1 is 1.22 bits per heavy atom. The molecule has 0 radical (unpaired) electrons. The molecule has 3 aliphatic heterocycles. The van der Waals surface area contributed by atoms with Gasteiger partial charge >= 0.3 is 0 Å².